The van der Waals surface area contributed by atoms with E-state index in [0.29, 0.717) is 22.2 Å². The number of oxime groups is 1. The summed E-state index contributed by atoms with van der Waals surface area (Å²) in [5, 5.41) is 11.6. The molecule has 14 heavy (non-hydrogen) atoms. The van der Waals surface area contributed by atoms with Crippen LogP contribution in [0.2, 0.25) is 0 Å². The third-order valence-electron chi connectivity index (χ3n) is 1.60. The molecule has 0 aliphatic rings. The van der Waals surface area contributed by atoms with E-state index in [-0.39, 0.29) is 0 Å². The van der Waals surface area contributed by atoms with Crippen LogP contribution in [0, 0.1) is 6.92 Å². The molecule has 0 saturated heterocycles. The molecule has 0 aliphatic heterocycles. The van der Waals surface area contributed by atoms with Gasteiger partial charge < -0.3 is 9.76 Å². The van der Waals surface area contributed by atoms with Crippen molar-refractivity contribution in [3.8, 4) is 0 Å². The Hall–Kier alpha value is -1.14. The Morgan fingerprint density at radius 1 is 1.71 bits per heavy atom. The number of hydrogen-bond donors (Lipinski definition) is 1. The fourth-order valence-corrected chi connectivity index (χ4v) is 1.78. The molecule has 1 heterocycles. The summed E-state index contributed by atoms with van der Waals surface area (Å²) in [6.07, 6.45) is 2.62. The topological polar surface area (TPSA) is 81.4 Å². The Morgan fingerprint density at radius 2 is 2.43 bits per heavy atom. The van der Waals surface area contributed by atoms with Crippen molar-refractivity contribution in [3.05, 3.63) is 17.6 Å². The normalized spacial score (nSPS) is 13.4. The van der Waals surface area contributed by atoms with Gasteiger partial charge in [-0.1, -0.05) is 5.16 Å². The molecule has 1 atom stereocenters. The van der Waals surface area contributed by atoms with Crippen molar-refractivity contribution in [3.63, 3.8) is 0 Å². The molecule has 0 aromatic carbocycles. The highest BCUT2D eigenvalue weighted by molar-refractivity contribution is 7.91. The summed E-state index contributed by atoms with van der Waals surface area (Å²) >= 11 is -1.13. The van der Waals surface area contributed by atoms with E-state index in [4.69, 9.17) is 5.21 Å². The molecule has 1 N–H and O–H groups in total. The van der Waals surface area contributed by atoms with Gasteiger partial charge in [-0.05, 0) is 13.8 Å². The highest BCUT2D eigenvalue weighted by atomic mass is 32.2. The standard InChI is InChI=1S/C8H11N3O2S/c1-3-14(13)8-6(2)9-4-7(11-8)5-10-12/h4-5,12H,3H2,1-2H3/b10-5+. The van der Waals surface area contributed by atoms with E-state index in [0.717, 1.165) is 6.21 Å². The van der Waals surface area contributed by atoms with Crippen LogP contribution >= 0.6 is 0 Å². The lowest BCUT2D eigenvalue weighted by Gasteiger charge is -2.08. The molecule has 0 saturated carbocycles. The van der Waals surface area contributed by atoms with Crippen LogP contribution in [-0.4, -0.2) is 31.7 Å². The SMILES string of the molecule is CC[S+]([O-])c1nc(/C=N/O)cnc1C. The van der Waals surface area contributed by atoms with Gasteiger partial charge in [0.1, 0.15) is 17.1 Å². The number of nitrogens with zero attached hydrogens (tertiary/aromatic N) is 3. The molecule has 5 nitrogen and oxygen atoms in total. The van der Waals surface area contributed by atoms with Gasteiger partial charge in [0.2, 0.25) is 0 Å². The maximum Gasteiger partial charge on any atom is 0.266 e. The van der Waals surface area contributed by atoms with Crippen LogP contribution in [0.5, 0.6) is 0 Å². The lowest BCUT2D eigenvalue weighted by molar-refractivity contribution is 0.321. The number of rotatable bonds is 3. The average molecular weight is 213 g/mol. The van der Waals surface area contributed by atoms with Crippen molar-refractivity contribution in [2.45, 2.75) is 18.9 Å². The monoisotopic (exact) mass is 213 g/mol. The van der Waals surface area contributed by atoms with E-state index >= 15 is 0 Å². The third-order valence-corrected chi connectivity index (χ3v) is 2.94. The van der Waals surface area contributed by atoms with Gasteiger partial charge in [0.05, 0.1) is 12.4 Å². The smallest absolute Gasteiger partial charge is 0.266 e. The highest BCUT2D eigenvalue weighted by Crippen LogP contribution is 2.11. The van der Waals surface area contributed by atoms with E-state index in [9.17, 15) is 4.55 Å². The number of aromatic nitrogens is 2. The van der Waals surface area contributed by atoms with Crippen LogP contribution in [0.15, 0.2) is 16.4 Å². The number of hydrogen-bond acceptors (Lipinski definition) is 5. The first-order chi connectivity index (χ1) is 6.69. The molecule has 1 unspecified atom stereocenters. The van der Waals surface area contributed by atoms with Gasteiger partial charge in [-0.2, -0.15) is 4.98 Å². The fraction of sp³-hybridized carbons (Fsp3) is 0.375. The van der Waals surface area contributed by atoms with Crippen molar-refractivity contribution in [2.24, 2.45) is 5.16 Å². The second-order valence-electron chi connectivity index (χ2n) is 2.56. The van der Waals surface area contributed by atoms with E-state index in [1.165, 1.54) is 6.20 Å². The second-order valence-corrected chi connectivity index (χ2v) is 4.22. The predicted molar refractivity (Wildman–Crippen MR) is 53.1 cm³/mol. The molecule has 0 radical (unpaired) electrons. The second kappa shape index (κ2) is 4.92. The summed E-state index contributed by atoms with van der Waals surface area (Å²) in [4.78, 5) is 8.07. The van der Waals surface area contributed by atoms with Gasteiger partial charge >= 0.3 is 0 Å². The Morgan fingerprint density at radius 3 is 3.00 bits per heavy atom. The molecule has 1 aromatic heterocycles. The van der Waals surface area contributed by atoms with Crippen molar-refractivity contribution in [1.29, 1.82) is 0 Å². The minimum absolute atomic E-state index is 0.398. The van der Waals surface area contributed by atoms with Crippen molar-refractivity contribution >= 4 is 17.4 Å². The summed E-state index contributed by atoms with van der Waals surface area (Å²) < 4.78 is 11.5. The lowest BCUT2D eigenvalue weighted by atomic mass is 10.4. The summed E-state index contributed by atoms with van der Waals surface area (Å²) in [6, 6.07) is 0. The van der Waals surface area contributed by atoms with Crippen LogP contribution in [0.25, 0.3) is 0 Å². The third kappa shape index (κ3) is 2.43. The molecule has 6 heteroatoms. The zero-order valence-corrected chi connectivity index (χ0v) is 8.78. The van der Waals surface area contributed by atoms with E-state index < -0.39 is 11.2 Å². The zero-order chi connectivity index (χ0) is 10.6. The summed E-state index contributed by atoms with van der Waals surface area (Å²) in [7, 11) is 0. The van der Waals surface area contributed by atoms with Crippen LogP contribution in [-0.2, 0) is 11.2 Å². The zero-order valence-electron chi connectivity index (χ0n) is 7.97. The average Bonchev–Trinajstić information content (AvgIpc) is 2.20. The minimum Gasteiger partial charge on any atom is -0.610 e. The first kappa shape index (κ1) is 10.9. The van der Waals surface area contributed by atoms with Gasteiger partial charge in [0.15, 0.2) is 0 Å². The van der Waals surface area contributed by atoms with Gasteiger partial charge in [0.25, 0.3) is 5.03 Å². The van der Waals surface area contributed by atoms with Gasteiger partial charge in [-0.15, -0.1) is 0 Å². The van der Waals surface area contributed by atoms with Gasteiger partial charge in [-0.3, -0.25) is 4.98 Å². The Balaban J connectivity index is 3.07. The van der Waals surface area contributed by atoms with Crippen molar-refractivity contribution < 1.29 is 9.76 Å². The first-order valence-electron chi connectivity index (χ1n) is 4.08. The molecule has 0 bridgehead atoms. The van der Waals surface area contributed by atoms with Crippen LogP contribution < -0.4 is 0 Å². The van der Waals surface area contributed by atoms with E-state index in [2.05, 4.69) is 15.1 Å². The lowest BCUT2D eigenvalue weighted by Crippen LogP contribution is -2.11. The van der Waals surface area contributed by atoms with Gasteiger partial charge in [-0.25, -0.2) is 0 Å². The van der Waals surface area contributed by atoms with Crippen LogP contribution in [0.3, 0.4) is 0 Å². The molecule has 0 fully saturated rings. The molecule has 0 amide bonds. The van der Waals surface area contributed by atoms with Gasteiger partial charge in [0, 0.05) is 11.2 Å². The highest BCUT2D eigenvalue weighted by Gasteiger charge is 2.15. The molecule has 0 aliphatic carbocycles. The van der Waals surface area contributed by atoms with Crippen LogP contribution in [0.4, 0.5) is 0 Å². The number of aryl methyl sites for hydroxylation is 1. The summed E-state index contributed by atoms with van der Waals surface area (Å²) in [5.41, 5.74) is 1.04. The summed E-state index contributed by atoms with van der Waals surface area (Å²) in [5.74, 6) is 0.495. The summed E-state index contributed by atoms with van der Waals surface area (Å²) in [6.45, 7) is 3.56. The molecule has 1 rings (SSSR count). The molecule has 0 spiro atoms. The first-order valence-corrected chi connectivity index (χ1v) is 5.40. The predicted octanol–water partition coefficient (Wildman–Crippen LogP) is 0.721. The fourth-order valence-electron chi connectivity index (χ4n) is 0.919. The maximum atomic E-state index is 11.5. The Kier molecular flexibility index (Phi) is 3.84. The Labute approximate surface area is 85.1 Å². The largest absolute Gasteiger partial charge is 0.610 e. The van der Waals surface area contributed by atoms with E-state index in [1.54, 1.807) is 6.92 Å². The molecular formula is C8H11N3O2S. The van der Waals surface area contributed by atoms with Crippen LogP contribution in [0.1, 0.15) is 18.3 Å². The van der Waals surface area contributed by atoms with E-state index in [1.807, 2.05) is 6.92 Å². The molecule has 76 valence electrons. The van der Waals surface area contributed by atoms with Crippen molar-refractivity contribution in [2.75, 3.05) is 5.75 Å². The quantitative estimate of drug-likeness (QED) is 0.347. The molecular weight excluding hydrogens is 202 g/mol. The Bertz CT molecular complexity index is 343. The molecule has 1 aromatic rings. The maximum absolute atomic E-state index is 11.5. The van der Waals surface area contributed by atoms with Crippen molar-refractivity contribution in [1.82, 2.24) is 9.97 Å². The minimum atomic E-state index is -1.13.